The smallest absolute Gasteiger partial charge is 0.447 e. The third-order valence-electron chi connectivity index (χ3n) is 5.58. The first kappa shape index (κ1) is 34.6. The Morgan fingerprint density at radius 1 is 1.04 bits per heavy atom. The SMILES string of the molecule is Cc1ccc(-c2cc(C(F)(F)F)nn2-c2ccc(S(=O)(=O)NC(=O)OCCN(C)/N=N\OC(C)OC(=O)OC(C)C)cc2)cc1. The number of nitrogens with zero attached hydrogens (tertiary/aromatic N) is 5. The number of rotatable bonds is 12. The van der Waals surface area contributed by atoms with Gasteiger partial charge >= 0.3 is 18.4 Å². The van der Waals surface area contributed by atoms with Gasteiger partial charge in [-0.25, -0.2) is 27.4 Å². The van der Waals surface area contributed by atoms with Crippen molar-refractivity contribution < 1.29 is 50.2 Å². The number of amides is 1. The molecule has 0 aliphatic rings. The van der Waals surface area contributed by atoms with E-state index in [1.54, 1.807) is 42.8 Å². The second-order valence-electron chi connectivity index (χ2n) is 9.69. The van der Waals surface area contributed by atoms with Crippen molar-refractivity contribution in [2.24, 2.45) is 10.5 Å². The maximum atomic E-state index is 13.5. The van der Waals surface area contributed by atoms with Crippen molar-refractivity contribution in [3.05, 3.63) is 65.9 Å². The molecular formula is C27H31F3N6O8S. The van der Waals surface area contributed by atoms with Gasteiger partial charge in [-0.15, -0.1) is 0 Å². The number of aromatic nitrogens is 2. The van der Waals surface area contributed by atoms with E-state index in [0.717, 1.165) is 28.4 Å². The van der Waals surface area contributed by atoms with Gasteiger partial charge in [0.25, 0.3) is 16.3 Å². The van der Waals surface area contributed by atoms with Gasteiger partial charge in [0.15, 0.2) is 5.69 Å². The van der Waals surface area contributed by atoms with Gasteiger partial charge in [-0.05, 0) is 56.3 Å². The molecule has 244 valence electrons. The molecule has 3 rings (SSSR count). The minimum Gasteiger partial charge on any atom is -0.447 e. The van der Waals surface area contributed by atoms with Crippen LogP contribution in [0.5, 0.6) is 0 Å². The Morgan fingerprint density at radius 2 is 1.69 bits per heavy atom. The summed E-state index contributed by atoms with van der Waals surface area (Å²) in [7, 11) is -2.95. The van der Waals surface area contributed by atoms with Crippen LogP contribution in [0.15, 0.2) is 70.0 Å². The van der Waals surface area contributed by atoms with Crippen molar-refractivity contribution in [1.29, 1.82) is 0 Å². The van der Waals surface area contributed by atoms with Crippen LogP contribution in [0.25, 0.3) is 16.9 Å². The second kappa shape index (κ2) is 14.7. The minimum absolute atomic E-state index is 0.0211. The molecule has 14 nitrogen and oxygen atoms in total. The fraction of sp³-hybridized carbons (Fsp3) is 0.370. The van der Waals surface area contributed by atoms with Gasteiger partial charge in [0.05, 0.1) is 28.9 Å². The van der Waals surface area contributed by atoms with Crippen LogP contribution in [-0.2, 0) is 35.2 Å². The summed E-state index contributed by atoms with van der Waals surface area (Å²) in [5, 5.41) is 11.9. The summed E-state index contributed by atoms with van der Waals surface area (Å²) in [5.74, 6) is 0. The van der Waals surface area contributed by atoms with Crippen LogP contribution in [0, 0.1) is 6.92 Å². The van der Waals surface area contributed by atoms with E-state index in [9.17, 15) is 31.2 Å². The van der Waals surface area contributed by atoms with Crippen LogP contribution < -0.4 is 4.72 Å². The minimum atomic E-state index is -4.71. The quantitative estimate of drug-likeness (QED) is 0.115. The zero-order chi connectivity index (χ0) is 33.4. The second-order valence-corrected chi connectivity index (χ2v) is 11.4. The zero-order valence-electron chi connectivity index (χ0n) is 24.8. The highest BCUT2D eigenvalue weighted by atomic mass is 32.2. The van der Waals surface area contributed by atoms with Crippen molar-refractivity contribution >= 4 is 22.3 Å². The predicted molar refractivity (Wildman–Crippen MR) is 151 cm³/mol. The summed E-state index contributed by atoms with van der Waals surface area (Å²) in [6.07, 6.45) is -8.41. The molecule has 0 fully saturated rings. The van der Waals surface area contributed by atoms with E-state index in [1.807, 2.05) is 6.92 Å². The number of carbonyl (C=O) groups excluding carboxylic acids is 2. The standard InChI is InChI=1S/C27H31F3N6O8S/c1-17(2)42-26(38)43-19(4)44-34-33-35(5)14-15-41-25(37)32-45(39,40)22-12-10-21(11-13-22)36-23(16-24(31-36)27(28,29)30)20-8-6-18(3)7-9-20/h6-13,16-17,19H,14-15H2,1-5H3,(H,32,37)/b34-33-. The van der Waals surface area contributed by atoms with E-state index in [2.05, 4.69) is 15.6 Å². The van der Waals surface area contributed by atoms with E-state index < -0.39 is 40.4 Å². The number of likely N-dealkylation sites (N-methyl/N-ethyl adjacent to an activating group) is 1. The lowest BCUT2D eigenvalue weighted by Gasteiger charge is -2.14. The monoisotopic (exact) mass is 656 g/mol. The molecule has 18 heteroatoms. The molecule has 1 atom stereocenters. The molecule has 2 aromatic carbocycles. The Bertz CT molecular complexity index is 1590. The van der Waals surface area contributed by atoms with E-state index in [4.69, 9.17) is 19.0 Å². The average molecular weight is 657 g/mol. The van der Waals surface area contributed by atoms with Crippen molar-refractivity contribution in [1.82, 2.24) is 19.5 Å². The summed E-state index contributed by atoms with van der Waals surface area (Å²) in [4.78, 5) is 28.0. The molecule has 1 unspecified atom stereocenters. The van der Waals surface area contributed by atoms with Gasteiger partial charge in [0.1, 0.15) is 6.61 Å². The molecule has 3 aromatic rings. The molecule has 0 spiro atoms. The Morgan fingerprint density at radius 3 is 2.29 bits per heavy atom. The lowest BCUT2D eigenvalue weighted by molar-refractivity contribution is -0.141. The summed E-state index contributed by atoms with van der Waals surface area (Å²) in [6, 6.07) is 12.4. The van der Waals surface area contributed by atoms with Crippen LogP contribution >= 0.6 is 0 Å². The number of carbonyl (C=O) groups is 2. The Kier molecular flexibility index (Phi) is 11.3. The highest BCUT2D eigenvalue weighted by Crippen LogP contribution is 2.33. The first-order valence-electron chi connectivity index (χ1n) is 13.2. The molecule has 0 aliphatic carbocycles. The van der Waals surface area contributed by atoms with Crippen LogP contribution in [0.4, 0.5) is 22.8 Å². The van der Waals surface area contributed by atoms with Crippen molar-refractivity contribution in [3.63, 3.8) is 0 Å². The molecule has 0 saturated carbocycles. The fourth-order valence-corrected chi connectivity index (χ4v) is 4.34. The van der Waals surface area contributed by atoms with Gasteiger partial charge in [0, 0.05) is 24.8 Å². The number of hydrogen-bond donors (Lipinski definition) is 1. The van der Waals surface area contributed by atoms with Crippen molar-refractivity contribution in [3.8, 4) is 16.9 Å². The number of ether oxygens (including phenoxy) is 3. The summed E-state index contributed by atoms with van der Waals surface area (Å²) in [6.45, 7) is 6.18. The number of halogens is 3. The van der Waals surface area contributed by atoms with Gasteiger partial charge in [0.2, 0.25) is 0 Å². The van der Waals surface area contributed by atoms with Crippen LogP contribution in [0.1, 0.15) is 32.0 Å². The number of sulfonamides is 1. The molecule has 1 amide bonds. The van der Waals surface area contributed by atoms with E-state index in [0.29, 0.717) is 5.56 Å². The Hall–Kier alpha value is -4.87. The Labute approximate surface area is 256 Å². The fourth-order valence-electron chi connectivity index (χ4n) is 3.45. The average Bonchev–Trinajstić information content (AvgIpc) is 3.39. The number of nitrogens with one attached hydrogen (secondary N) is 1. The molecule has 1 heterocycles. The zero-order valence-corrected chi connectivity index (χ0v) is 25.6. The van der Waals surface area contributed by atoms with Crippen molar-refractivity contribution in [2.45, 2.75) is 51.2 Å². The van der Waals surface area contributed by atoms with E-state index >= 15 is 0 Å². The van der Waals surface area contributed by atoms with Gasteiger partial charge in [-0.2, -0.15) is 18.3 Å². The van der Waals surface area contributed by atoms with Crippen LogP contribution in [0.3, 0.4) is 0 Å². The number of alkyl halides is 3. The summed E-state index contributed by atoms with van der Waals surface area (Å²) < 4.78 is 83.0. The normalized spacial score (nSPS) is 12.6. The molecule has 45 heavy (non-hydrogen) atoms. The van der Waals surface area contributed by atoms with Crippen LogP contribution in [0.2, 0.25) is 0 Å². The lowest BCUT2D eigenvalue weighted by atomic mass is 10.1. The van der Waals surface area contributed by atoms with E-state index in [1.165, 1.54) is 31.1 Å². The summed E-state index contributed by atoms with van der Waals surface area (Å²) >= 11 is 0. The first-order chi connectivity index (χ1) is 21.0. The van der Waals surface area contributed by atoms with Gasteiger partial charge in [-0.3, -0.25) is 5.01 Å². The number of aryl methyl sites for hydroxylation is 1. The van der Waals surface area contributed by atoms with Gasteiger partial charge in [-0.1, -0.05) is 29.8 Å². The first-order valence-corrected chi connectivity index (χ1v) is 14.7. The molecule has 1 aromatic heterocycles. The van der Waals surface area contributed by atoms with Crippen molar-refractivity contribution in [2.75, 3.05) is 20.2 Å². The highest BCUT2D eigenvalue weighted by molar-refractivity contribution is 7.90. The third kappa shape index (κ3) is 10.4. The largest absolute Gasteiger partial charge is 0.511 e. The topological polar surface area (TPSA) is 163 Å². The molecule has 0 saturated heterocycles. The molecule has 0 aliphatic heterocycles. The Balaban J connectivity index is 1.57. The molecule has 0 bridgehead atoms. The highest BCUT2D eigenvalue weighted by Gasteiger charge is 2.35. The van der Waals surface area contributed by atoms with E-state index in [-0.39, 0.29) is 35.5 Å². The number of benzene rings is 2. The maximum Gasteiger partial charge on any atom is 0.511 e. The lowest BCUT2D eigenvalue weighted by Crippen LogP contribution is -2.32. The molecule has 1 N–H and O–H groups in total. The third-order valence-corrected chi connectivity index (χ3v) is 6.91. The number of hydrogen-bond acceptors (Lipinski definition) is 11. The summed E-state index contributed by atoms with van der Waals surface area (Å²) in [5.41, 5.74) is 0.556. The predicted octanol–water partition coefficient (Wildman–Crippen LogP) is 5.42. The molecule has 0 radical (unpaired) electrons. The molecular weight excluding hydrogens is 625 g/mol. The van der Waals surface area contributed by atoms with Gasteiger partial charge < -0.3 is 19.0 Å². The maximum absolute atomic E-state index is 13.5. The van der Waals surface area contributed by atoms with Crippen LogP contribution in [-0.4, -0.2) is 68.0 Å².